The fourth-order valence-electron chi connectivity index (χ4n) is 2.13. The van der Waals surface area contributed by atoms with Crippen molar-refractivity contribution in [1.82, 2.24) is 9.55 Å². The second-order valence-corrected chi connectivity index (χ2v) is 4.40. The fraction of sp³-hybridized carbons (Fsp3) is 0.286. The molecule has 1 heterocycles. The monoisotopic (exact) mass is 262 g/mol. The first-order valence-corrected chi connectivity index (χ1v) is 5.99. The first-order chi connectivity index (χ1) is 9.00. The molecule has 100 valence electrons. The summed E-state index contributed by atoms with van der Waals surface area (Å²) in [6.07, 6.45) is 0.427. The van der Waals surface area contributed by atoms with Gasteiger partial charge in [-0.3, -0.25) is 4.79 Å². The number of halogens is 1. The van der Waals surface area contributed by atoms with Gasteiger partial charge in [0.1, 0.15) is 11.6 Å². The van der Waals surface area contributed by atoms with Gasteiger partial charge < -0.3 is 9.67 Å². The Bertz CT molecular complexity index is 620. The number of hydrogen-bond acceptors (Lipinski definition) is 2. The van der Waals surface area contributed by atoms with E-state index >= 15 is 0 Å². The summed E-state index contributed by atoms with van der Waals surface area (Å²) < 4.78 is 15.5. The van der Waals surface area contributed by atoms with E-state index in [9.17, 15) is 9.18 Å². The number of carbonyl (C=O) groups is 1. The summed E-state index contributed by atoms with van der Waals surface area (Å²) in [5, 5.41) is 8.73. The molecule has 1 aromatic carbocycles. The van der Waals surface area contributed by atoms with Crippen molar-refractivity contribution in [2.45, 2.75) is 19.8 Å². The van der Waals surface area contributed by atoms with E-state index in [1.807, 2.05) is 6.92 Å². The Morgan fingerprint density at radius 1 is 1.42 bits per heavy atom. The molecule has 0 aliphatic rings. The third-order valence-corrected chi connectivity index (χ3v) is 3.10. The summed E-state index contributed by atoms with van der Waals surface area (Å²) in [6, 6.07) is 6.42. The minimum atomic E-state index is -0.854. The number of rotatable bonds is 4. The molecule has 2 aromatic rings. The zero-order chi connectivity index (χ0) is 14.0. The van der Waals surface area contributed by atoms with E-state index in [4.69, 9.17) is 5.11 Å². The number of carboxylic acid groups (broad SMARTS) is 1. The molecule has 0 amide bonds. The molecule has 1 aromatic heterocycles. The van der Waals surface area contributed by atoms with Crippen molar-refractivity contribution in [3.63, 3.8) is 0 Å². The molecule has 0 saturated heterocycles. The average Bonchev–Trinajstić information content (AvgIpc) is 2.63. The van der Waals surface area contributed by atoms with Gasteiger partial charge in [-0.2, -0.15) is 0 Å². The van der Waals surface area contributed by atoms with Gasteiger partial charge in [-0.1, -0.05) is 12.1 Å². The van der Waals surface area contributed by atoms with Crippen LogP contribution >= 0.6 is 0 Å². The van der Waals surface area contributed by atoms with E-state index in [0.29, 0.717) is 17.8 Å². The fourth-order valence-corrected chi connectivity index (χ4v) is 2.13. The maximum Gasteiger partial charge on any atom is 0.303 e. The van der Waals surface area contributed by atoms with Crippen LogP contribution in [0.1, 0.15) is 17.8 Å². The lowest BCUT2D eigenvalue weighted by molar-refractivity contribution is -0.136. The lowest BCUT2D eigenvalue weighted by Crippen LogP contribution is -2.04. The summed E-state index contributed by atoms with van der Waals surface area (Å²) in [5.41, 5.74) is 1.98. The molecule has 0 spiro atoms. The van der Waals surface area contributed by atoms with Crippen LogP contribution in [0.25, 0.3) is 11.4 Å². The standard InChI is InChI=1S/C14H15FN2O2/c1-9-12(7-8-13(18)19)17(2)14(16-9)10-5-3-4-6-11(10)15/h3-6H,7-8H2,1-2H3,(H,18,19). The van der Waals surface area contributed by atoms with Crippen molar-refractivity contribution in [3.8, 4) is 11.4 Å². The Balaban J connectivity index is 2.41. The van der Waals surface area contributed by atoms with Crippen LogP contribution in [-0.2, 0) is 18.3 Å². The lowest BCUT2D eigenvalue weighted by Gasteiger charge is -2.06. The molecule has 5 heteroatoms. The van der Waals surface area contributed by atoms with E-state index < -0.39 is 5.97 Å². The molecule has 0 fully saturated rings. The van der Waals surface area contributed by atoms with Crippen LogP contribution in [0.5, 0.6) is 0 Å². The SMILES string of the molecule is Cc1nc(-c2ccccc2F)n(C)c1CCC(=O)O. The molecule has 1 N–H and O–H groups in total. The maximum absolute atomic E-state index is 13.8. The van der Waals surface area contributed by atoms with Gasteiger partial charge in [0.25, 0.3) is 0 Å². The first-order valence-electron chi connectivity index (χ1n) is 5.99. The molecular formula is C14H15FN2O2. The highest BCUT2D eigenvalue weighted by atomic mass is 19.1. The Morgan fingerprint density at radius 2 is 2.11 bits per heavy atom. The Hall–Kier alpha value is -2.17. The van der Waals surface area contributed by atoms with Crippen LogP contribution < -0.4 is 0 Å². The molecule has 19 heavy (non-hydrogen) atoms. The van der Waals surface area contributed by atoms with E-state index in [2.05, 4.69) is 4.98 Å². The van der Waals surface area contributed by atoms with Gasteiger partial charge in [-0.15, -0.1) is 0 Å². The lowest BCUT2D eigenvalue weighted by atomic mass is 10.2. The Morgan fingerprint density at radius 3 is 2.74 bits per heavy atom. The zero-order valence-electron chi connectivity index (χ0n) is 10.9. The molecule has 0 aliphatic heterocycles. The van der Waals surface area contributed by atoms with E-state index in [-0.39, 0.29) is 12.2 Å². The molecule has 0 unspecified atom stereocenters. The highest BCUT2D eigenvalue weighted by molar-refractivity contribution is 5.67. The number of hydrogen-bond donors (Lipinski definition) is 1. The van der Waals surface area contributed by atoms with Crippen molar-refractivity contribution in [3.05, 3.63) is 41.5 Å². The van der Waals surface area contributed by atoms with E-state index in [0.717, 1.165) is 11.4 Å². The van der Waals surface area contributed by atoms with Gasteiger partial charge >= 0.3 is 5.97 Å². The maximum atomic E-state index is 13.8. The number of nitrogens with zero attached hydrogens (tertiary/aromatic N) is 2. The topological polar surface area (TPSA) is 55.1 Å². The molecular weight excluding hydrogens is 247 g/mol. The molecule has 0 bridgehead atoms. The average molecular weight is 262 g/mol. The first kappa shape index (κ1) is 13.3. The molecule has 2 rings (SSSR count). The predicted octanol–water partition coefficient (Wildman–Crippen LogP) is 2.55. The summed E-state index contributed by atoms with van der Waals surface area (Å²) in [5.74, 6) is -0.663. The molecule has 0 atom stereocenters. The minimum absolute atomic E-state index is 0.0388. The largest absolute Gasteiger partial charge is 0.481 e. The van der Waals surface area contributed by atoms with Gasteiger partial charge in [-0.05, 0) is 25.5 Å². The smallest absolute Gasteiger partial charge is 0.303 e. The quantitative estimate of drug-likeness (QED) is 0.921. The molecule has 0 radical (unpaired) electrons. The van der Waals surface area contributed by atoms with Crippen LogP contribution in [-0.4, -0.2) is 20.6 Å². The second kappa shape index (κ2) is 5.22. The second-order valence-electron chi connectivity index (χ2n) is 4.40. The summed E-state index contributed by atoms with van der Waals surface area (Å²) >= 11 is 0. The number of aliphatic carboxylic acids is 1. The highest BCUT2D eigenvalue weighted by Crippen LogP contribution is 2.24. The molecule has 0 saturated carbocycles. The summed E-state index contributed by atoms with van der Waals surface area (Å²) in [4.78, 5) is 15.0. The van der Waals surface area contributed by atoms with E-state index in [1.165, 1.54) is 6.07 Å². The van der Waals surface area contributed by atoms with Crippen LogP contribution in [0.15, 0.2) is 24.3 Å². The summed E-state index contributed by atoms with van der Waals surface area (Å²) in [7, 11) is 1.78. The van der Waals surface area contributed by atoms with Gasteiger partial charge in [-0.25, -0.2) is 9.37 Å². The van der Waals surface area contributed by atoms with Crippen molar-refractivity contribution in [2.75, 3.05) is 0 Å². The van der Waals surface area contributed by atoms with Crippen molar-refractivity contribution < 1.29 is 14.3 Å². The van der Waals surface area contributed by atoms with Crippen LogP contribution in [0.2, 0.25) is 0 Å². The van der Waals surface area contributed by atoms with Gasteiger partial charge in [0.05, 0.1) is 17.7 Å². The van der Waals surface area contributed by atoms with Crippen LogP contribution in [0.4, 0.5) is 4.39 Å². The summed E-state index contributed by atoms with van der Waals surface area (Å²) in [6.45, 7) is 1.81. The number of carboxylic acids is 1. The van der Waals surface area contributed by atoms with Gasteiger partial charge in [0.15, 0.2) is 0 Å². The molecule has 4 nitrogen and oxygen atoms in total. The Kier molecular flexibility index (Phi) is 3.64. The number of benzene rings is 1. The third kappa shape index (κ3) is 2.65. The number of aryl methyl sites for hydroxylation is 1. The third-order valence-electron chi connectivity index (χ3n) is 3.10. The zero-order valence-corrected chi connectivity index (χ0v) is 10.9. The normalized spacial score (nSPS) is 10.7. The van der Waals surface area contributed by atoms with Gasteiger partial charge in [0, 0.05) is 12.7 Å². The number of aromatic nitrogens is 2. The van der Waals surface area contributed by atoms with E-state index in [1.54, 1.807) is 29.8 Å². The van der Waals surface area contributed by atoms with Crippen LogP contribution in [0.3, 0.4) is 0 Å². The Labute approximate surface area is 110 Å². The van der Waals surface area contributed by atoms with Gasteiger partial charge in [0.2, 0.25) is 0 Å². The predicted molar refractivity (Wildman–Crippen MR) is 69.3 cm³/mol. The number of imidazole rings is 1. The van der Waals surface area contributed by atoms with Crippen LogP contribution in [0, 0.1) is 12.7 Å². The van der Waals surface area contributed by atoms with Crippen molar-refractivity contribution in [1.29, 1.82) is 0 Å². The van der Waals surface area contributed by atoms with Crippen molar-refractivity contribution in [2.24, 2.45) is 7.05 Å². The minimum Gasteiger partial charge on any atom is -0.481 e. The van der Waals surface area contributed by atoms with Crippen molar-refractivity contribution >= 4 is 5.97 Å². The highest BCUT2D eigenvalue weighted by Gasteiger charge is 2.16. The molecule has 0 aliphatic carbocycles.